The molecule has 0 aromatic rings. The van der Waals surface area contributed by atoms with Gasteiger partial charge in [-0.3, -0.25) is 9.68 Å². The first-order chi connectivity index (χ1) is 7.20. The van der Waals surface area contributed by atoms with E-state index in [0.717, 1.165) is 26.3 Å². The van der Waals surface area contributed by atoms with Crippen molar-refractivity contribution in [2.75, 3.05) is 40.4 Å². The van der Waals surface area contributed by atoms with Gasteiger partial charge in [-0.15, -0.1) is 0 Å². The zero-order chi connectivity index (χ0) is 11.5. The van der Waals surface area contributed by atoms with Crippen LogP contribution in [0.5, 0.6) is 0 Å². The molecule has 0 aliphatic carbocycles. The molecule has 0 amide bonds. The van der Waals surface area contributed by atoms with Crippen molar-refractivity contribution in [2.45, 2.75) is 33.1 Å². The van der Waals surface area contributed by atoms with Gasteiger partial charge >= 0.3 is 0 Å². The summed E-state index contributed by atoms with van der Waals surface area (Å²) in [6.07, 6.45) is 3.57. The molecule has 0 unspecified atom stereocenters. The molecule has 0 N–H and O–H groups in total. The highest BCUT2D eigenvalue weighted by Crippen LogP contribution is 1.99. The van der Waals surface area contributed by atoms with Crippen molar-refractivity contribution in [1.82, 2.24) is 10.1 Å². The van der Waals surface area contributed by atoms with Gasteiger partial charge in [0, 0.05) is 27.2 Å². The SMILES string of the molecule is CCON(C)CCCCCN(C)OCC. The molecule has 4 nitrogen and oxygen atoms in total. The van der Waals surface area contributed by atoms with E-state index in [2.05, 4.69) is 0 Å². The largest absolute Gasteiger partial charge is 0.300 e. The normalized spacial score (nSPS) is 11.6. The molecule has 0 aromatic heterocycles. The molecule has 0 aliphatic heterocycles. The Kier molecular flexibility index (Phi) is 10.3. The zero-order valence-electron chi connectivity index (χ0n) is 10.7. The average Bonchev–Trinajstić information content (AvgIpc) is 2.18. The lowest BCUT2D eigenvalue weighted by Gasteiger charge is -2.16. The Bertz CT molecular complexity index is 120. The Hall–Kier alpha value is -0.160. The molecule has 0 radical (unpaired) electrons. The van der Waals surface area contributed by atoms with Crippen LogP contribution < -0.4 is 0 Å². The third-order valence-electron chi connectivity index (χ3n) is 2.14. The molecule has 0 aliphatic rings. The first-order valence-corrected chi connectivity index (χ1v) is 5.88. The molecule has 0 rings (SSSR count). The Labute approximate surface area is 94.0 Å². The van der Waals surface area contributed by atoms with Crippen LogP contribution in [-0.2, 0) is 9.68 Å². The van der Waals surface area contributed by atoms with Crippen molar-refractivity contribution in [3.63, 3.8) is 0 Å². The van der Waals surface area contributed by atoms with Crippen molar-refractivity contribution < 1.29 is 9.68 Å². The summed E-state index contributed by atoms with van der Waals surface area (Å²) < 4.78 is 0. The summed E-state index contributed by atoms with van der Waals surface area (Å²) in [7, 11) is 3.96. The second-order valence-corrected chi connectivity index (χ2v) is 3.60. The highest BCUT2D eigenvalue weighted by molar-refractivity contribution is 4.46. The van der Waals surface area contributed by atoms with E-state index in [1.54, 1.807) is 0 Å². The summed E-state index contributed by atoms with van der Waals surface area (Å²) in [5.41, 5.74) is 0. The van der Waals surface area contributed by atoms with Crippen LogP contribution >= 0.6 is 0 Å². The van der Waals surface area contributed by atoms with Crippen LogP contribution in [0.2, 0.25) is 0 Å². The van der Waals surface area contributed by atoms with Gasteiger partial charge in [-0.2, -0.15) is 10.1 Å². The Morgan fingerprint density at radius 2 is 1.13 bits per heavy atom. The Morgan fingerprint density at radius 1 is 0.733 bits per heavy atom. The lowest BCUT2D eigenvalue weighted by molar-refractivity contribution is -0.139. The maximum absolute atomic E-state index is 5.31. The molecule has 0 fully saturated rings. The summed E-state index contributed by atoms with van der Waals surface area (Å²) in [5, 5.41) is 3.82. The van der Waals surface area contributed by atoms with Crippen molar-refractivity contribution in [2.24, 2.45) is 0 Å². The van der Waals surface area contributed by atoms with E-state index in [0.29, 0.717) is 0 Å². The smallest absolute Gasteiger partial charge is 0.0656 e. The van der Waals surface area contributed by atoms with Gasteiger partial charge in [0.2, 0.25) is 0 Å². The fraction of sp³-hybridized carbons (Fsp3) is 1.00. The lowest BCUT2D eigenvalue weighted by Crippen LogP contribution is -2.21. The van der Waals surface area contributed by atoms with Crippen LogP contribution in [0.4, 0.5) is 0 Å². The van der Waals surface area contributed by atoms with Crippen LogP contribution in [0, 0.1) is 0 Å². The van der Waals surface area contributed by atoms with E-state index in [1.165, 1.54) is 19.3 Å². The summed E-state index contributed by atoms with van der Waals surface area (Å²) in [6, 6.07) is 0. The van der Waals surface area contributed by atoms with E-state index >= 15 is 0 Å². The number of hydrogen-bond acceptors (Lipinski definition) is 4. The summed E-state index contributed by atoms with van der Waals surface area (Å²) in [6.45, 7) is 7.53. The lowest BCUT2D eigenvalue weighted by atomic mass is 10.2. The summed E-state index contributed by atoms with van der Waals surface area (Å²) in [4.78, 5) is 10.6. The summed E-state index contributed by atoms with van der Waals surface area (Å²) in [5.74, 6) is 0. The highest BCUT2D eigenvalue weighted by Gasteiger charge is 1.99. The standard InChI is InChI=1S/C11H26N2O2/c1-5-14-12(3)10-8-7-9-11-13(4)15-6-2/h5-11H2,1-4H3. The number of nitrogens with zero attached hydrogens (tertiary/aromatic N) is 2. The molecule has 0 saturated carbocycles. The van der Waals surface area contributed by atoms with Crippen molar-refractivity contribution in [1.29, 1.82) is 0 Å². The van der Waals surface area contributed by atoms with Crippen molar-refractivity contribution in [3.8, 4) is 0 Å². The minimum atomic E-state index is 0.754. The average molecular weight is 218 g/mol. The molecule has 4 heteroatoms. The Balaban J connectivity index is 3.17. The minimum Gasteiger partial charge on any atom is -0.300 e. The van der Waals surface area contributed by atoms with Crippen molar-refractivity contribution in [3.05, 3.63) is 0 Å². The summed E-state index contributed by atoms with van der Waals surface area (Å²) >= 11 is 0. The van der Waals surface area contributed by atoms with Crippen LogP contribution in [0.3, 0.4) is 0 Å². The first-order valence-electron chi connectivity index (χ1n) is 5.88. The molecule has 0 atom stereocenters. The molecule has 92 valence electrons. The van der Waals surface area contributed by atoms with Crippen LogP contribution in [0.1, 0.15) is 33.1 Å². The van der Waals surface area contributed by atoms with E-state index in [4.69, 9.17) is 9.68 Å². The minimum absolute atomic E-state index is 0.754. The third-order valence-corrected chi connectivity index (χ3v) is 2.14. The zero-order valence-corrected chi connectivity index (χ0v) is 10.7. The second-order valence-electron chi connectivity index (χ2n) is 3.60. The maximum Gasteiger partial charge on any atom is 0.0656 e. The van der Waals surface area contributed by atoms with E-state index in [9.17, 15) is 0 Å². The molecule has 0 saturated heterocycles. The number of hydroxylamine groups is 4. The van der Waals surface area contributed by atoms with Gasteiger partial charge in [-0.1, -0.05) is 6.42 Å². The van der Waals surface area contributed by atoms with Crippen LogP contribution in [0.15, 0.2) is 0 Å². The quantitative estimate of drug-likeness (QED) is 0.413. The predicted octanol–water partition coefficient (Wildman–Crippen LogP) is 1.92. The number of unbranched alkanes of at least 4 members (excludes halogenated alkanes) is 2. The molecular weight excluding hydrogens is 192 g/mol. The van der Waals surface area contributed by atoms with E-state index in [-0.39, 0.29) is 0 Å². The van der Waals surface area contributed by atoms with E-state index in [1.807, 2.05) is 38.1 Å². The van der Waals surface area contributed by atoms with Gasteiger partial charge in [0.15, 0.2) is 0 Å². The monoisotopic (exact) mass is 218 g/mol. The third kappa shape index (κ3) is 10.1. The topological polar surface area (TPSA) is 24.9 Å². The number of hydrogen-bond donors (Lipinski definition) is 0. The van der Waals surface area contributed by atoms with Crippen molar-refractivity contribution >= 4 is 0 Å². The van der Waals surface area contributed by atoms with Gasteiger partial charge < -0.3 is 0 Å². The number of rotatable bonds is 10. The molecule has 0 bridgehead atoms. The van der Waals surface area contributed by atoms with Crippen LogP contribution in [0.25, 0.3) is 0 Å². The van der Waals surface area contributed by atoms with E-state index < -0.39 is 0 Å². The van der Waals surface area contributed by atoms with Gasteiger partial charge in [0.05, 0.1) is 13.2 Å². The van der Waals surface area contributed by atoms with Gasteiger partial charge in [0.1, 0.15) is 0 Å². The fourth-order valence-electron chi connectivity index (χ4n) is 1.42. The van der Waals surface area contributed by atoms with Gasteiger partial charge in [0.25, 0.3) is 0 Å². The molecule has 0 heterocycles. The molecule has 0 aromatic carbocycles. The van der Waals surface area contributed by atoms with Crippen LogP contribution in [-0.4, -0.2) is 50.5 Å². The van der Waals surface area contributed by atoms with Gasteiger partial charge in [-0.05, 0) is 26.7 Å². The predicted molar refractivity (Wildman–Crippen MR) is 62.4 cm³/mol. The highest BCUT2D eigenvalue weighted by atomic mass is 16.7. The second kappa shape index (κ2) is 10.4. The first kappa shape index (κ1) is 14.8. The maximum atomic E-state index is 5.31. The molecular formula is C11H26N2O2. The molecule has 0 spiro atoms. The van der Waals surface area contributed by atoms with Gasteiger partial charge in [-0.25, -0.2) is 0 Å². The molecule has 15 heavy (non-hydrogen) atoms. The Morgan fingerprint density at radius 3 is 1.47 bits per heavy atom. The fourth-order valence-corrected chi connectivity index (χ4v) is 1.42.